The highest BCUT2D eigenvalue weighted by Gasteiger charge is 2.59. The average molecular weight is 442 g/mol. The molecular formula is C24H32N3O3P. The van der Waals surface area contributed by atoms with Crippen molar-refractivity contribution in [2.75, 3.05) is 20.3 Å². The normalized spacial score (nSPS) is 23.5. The molecule has 1 amide bonds. The summed E-state index contributed by atoms with van der Waals surface area (Å²) in [6.07, 6.45) is 4.27. The van der Waals surface area contributed by atoms with E-state index in [0.717, 1.165) is 36.8 Å². The predicted octanol–water partition coefficient (Wildman–Crippen LogP) is 3.46. The fraction of sp³-hybridized carbons (Fsp3) is 0.458. The Morgan fingerprint density at radius 2 is 1.42 bits per heavy atom. The molecule has 0 aromatic heterocycles. The van der Waals surface area contributed by atoms with Gasteiger partial charge in [-0.05, 0) is 24.0 Å². The summed E-state index contributed by atoms with van der Waals surface area (Å²) in [5, 5.41) is 1.20. The Bertz CT molecular complexity index is 809. The first-order chi connectivity index (χ1) is 15.0. The second kappa shape index (κ2) is 9.76. The molecule has 1 saturated heterocycles. The molecule has 2 fully saturated rings. The maximum atomic E-state index is 14.8. The number of hydrogen-bond acceptors (Lipinski definition) is 5. The maximum absolute atomic E-state index is 14.8. The Labute approximate surface area is 185 Å². The lowest BCUT2D eigenvalue weighted by Gasteiger charge is -2.41. The summed E-state index contributed by atoms with van der Waals surface area (Å²) in [6.45, 7) is 1.18. The lowest BCUT2D eigenvalue weighted by molar-refractivity contribution is -0.195. The van der Waals surface area contributed by atoms with Gasteiger partial charge >= 0.3 is 0 Å². The van der Waals surface area contributed by atoms with Crippen LogP contribution in [-0.4, -0.2) is 52.7 Å². The van der Waals surface area contributed by atoms with E-state index in [0.29, 0.717) is 13.1 Å². The smallest absolute Gasteiger partial charge is 0.286 e. The van der Waals surface area contributed by atoms with Gasteiger partial charge in [-0.1, -0.05) is 73.5 Å². The monoisotopic (exact) mass is 441 g/mol. The Balaban J connectivity index is 1.71. The lowest BCUT2D eigenvalue weighted by atomic mass is 9.90. The zero-order chi connectivity index (χ0) is 21.8. The minimum absolute atomic E-state index is 0.0377. The van der Waals surface area contributed by atoms with Gasteiger partial charge in [0.15, 0.2) is 6.16 Å². The second-order valence-electron chi connectivity index (χ2n) is 8.48. The summed E-state index contributed by atoms with van der Waals surface area (Å²) >= 11 is 0. The van der Waals surface area contributed by atoms with Crippen molar-refractivity contribution in [2.24, 2.45) is 0 Å². The molecule has 2 atom stereocenters. The van der Waals surface area contributed by atoms with Crippen molar-refractivity contribution in [2.45, 2.75) is 50.9 Å². The first-order valence-corrected chi connectivity index (χ1v) is 12.8. The van der Waals surface area contributed by atoms with Gasteiger partial charge in [0.2, 0.25) is 0 Å². The van der Waals surface area contributed by atoms with Crippen molar-refractivity contribution in [1.82, 2.24) is 14.4 Å². The standard InChI is InChI=1S/C24H32N3O3P/c1-25(30-2)24(28)19-31(29)26(17-20-11-5-3-6-12-20)22-15-9-10-16-23(22)27(31)18-21-13-7-4-8-14-21/h3-8,11-14,22-23H,9-10,15-19H2,1-2H3/t22-,23-/m1/s1. The van der Waals surface area contributed by atoms with Crippen molar-refractivity contribution in [3.8, 4) is 0 Å². The van der Waals surface area contributed by atoms with Crippen molar-refractivity contribution in [3.05, 3.63) is 71.8 Å². The van der Waals surface area contributed by atoms with Gasteiger partial charge in [-0.25, -0.2) is 5.06 Å². The van der Waals surface area contributed by atoms with Crippen LogP contribution in [0.5, 0.6) is 0 Å². The van der Waals surface area contributed by atoms with Crippen LogP contribution >= 0.6 is 7.79 Å². The van der Waals surface area contributed by atoms with Crippen LogP contribution in [0.1, 0.15) is 36.8 Å². The van der Waals surface area contributed by atoms with Crippen LogP contribution in [-0.2, 0) is 22.7 Å². The molecule has 0 bridgehead atoms. The predicted molar refractivity (Wildman–Crippen MR) is 122 cm³/mol. The van der Waals surface area contributed by atoms with Crippen molar-refractivity contribution < 1.29 is 14.5 Å². The molecular weight excluding hydrogens is 409 g/mol. The second-order valence-corrected chi connectivity index (χ2v) is 11.2. The van der Waals surface area contributed by atoms with E-state index < -0.39 is 7.79 Å². The molecule has 7 heteroatoms. The molecule has 0 radical (unpaired) electrons. The molecule has 1 heterocycles. The lowest BCUT2D eigenvalue weighted by Crippen LogP contribution is -2.42. The van der Waals surface area contributed by atoms with E-state index >= 15 is 0 Å². The Kier molecular flexibility index (Phi) is 7.05. The molecule has 166 valence electrons. The van der Waals surface area contributed by atoms with E-state index in [2.05, 4.69) is 33.6 Å². The maximum Gasteiger partial charge on any atom is 0.286 e. The third-order valence-corrected chi connectivity index (χ3v) is 9.77. The molecule has 2 aliphatic rings. The highest BCUT2D eigenvalue weighted by Crippen LogP contribution is 2.67. The fourth-order valence-electron chi connectivity index (χ4n) is 4.95. The van der Waals surface area contributed by atoms with E-state index in [1.807, 2.05) is 36.4 Å². The molecule has 1 aliphatic carbocycles. The zero-order valence-corrected chi connectivity index (χ0v) is 19.3. The van der Waals surface area contributed by atoms with Crippen LogP contribution in [0.4, 0.5) is 0 Å². The first kappa shape index (κ1) is 22.4. The number of nitrogens with zero attached hydrogens (tertiary/aromatic N) is 3. The van der Waals surface area contributed by atoms with Crippen molar-refractivity contribution >= 4 is 13.7 Å². The summed E-state index contributed by atoms with van der Waals surface area (Å²) in [5.74, 6) is -0.249. The topological polar surface area (TPSA) is 59.1 Å². The third kappa shape index (κ3) is 4.69. The van der Waals surface area contributed by atoms with E-state index in [9.17, 15) is 9.69 Å². The largest absolute Gasteiger partial charge is 0.650 e. The molecule has 1 aliphatic heterocycles. The van der Waals surface area contributed by atoms with Gasteiger partial charge in [0.05, 0.1) is 32.3 Å². The molecule has 0 spiro atoms. The summed E-state index contributed by atoms with van der Waals surface area (Å²) in [4.78, 5) is 32.9. The van der Waals surface area contributed by atoms with Gasteiger partial charge in [-0.3, -0.25) is 9.63 Å². The fourth-order valence-corrected chi connectivity index (χ4v) is 8.40. The molecule has 0 N–H and O–H groups in total. The number of hydrogen-bond donors (Lipinski definition) is 0. The number of amides is 1. The Hall–Kier alpha value is -1.82. The van der Waals surface area contributed by atoms with E-state index in [-0.39, 0.29) is 24.2 Å². The van der Waals surface area contributed by atoms with Crippen LogP contribution in [0.2, 0.25) is 0 Å². The molecule has 0 unspecified atom stereocenters. The molecule has 2 aromatic carbocycles. The third-order valence-electron chi connectivity index (χ3n) is 6.60. The molecule has 6 nitrogen and oxygen atoms in total. The minimum Gasteiger partial charge on any atom is -0.650 e. The van der Waals surface area contributed by atoms with Crippen LogP contribution in [0.3, 0.4) is 0 Å². The molecule has 4 rings (SSSR count). The minimum atomic E-state index is -3.15. The highest BCUT2D eigenvalue weighted by molar-refractivity contribution is 7.65. The zero-order valence-electron chi connectivity index (χ0n) is 18.4. The van der Waals surface area contributed by atoms with Gasteiger partial charge in [-0.2, -0.15) is 9.34 Å². The SMILES string of the molecule is CON(C)C(=O)C[P+]1([O-])N(Cc2ccccc2)[C@@H]2CCCC[C@H]2N1Cc1ccccc1. The quantitative estimate of drug-likeness (QED) is 0.487. The molecule has 2 aromatic rings. The number of rotatable bonds is 7. The number of benzene rings is 2. The van der Waals surface area contributed by atoms with Crippen LogP contribution < -0.4 is 4.89 Å². The van der Waals surface area contributed by atoms with Crippen molar-refractivity contribution in [1.29, 1.82) is 0 Å². The molecule has 31 heavy (non-hydrogen) atoms. The van der Waals surface area contributed by atoms with Gasteiger partial charge < -0.3 is 4.89 Å². The van der Waals surface area contributed by atoms with E-state index in [4.69, 9.17) is 4.84 Å². The van der Waals surface area contributed by atoms with Crippen molar-refractivity contribution in [3.63, 3.8) is 0 Å². The summed E-state index contributed by atoms with van der Waals surface area (Å²) in [5.41, 5.74) is 2.25. The van der Waals surface area contributed by atoms with Crippen LogP contribution in [0, 0.1) is 0 Å². The Morgan fingerprint density at radius 1 is 0.968 bits per heavy atom. The molecule has 1 saturated carbocycles. The van der Waals surface area contributed by atoms with E-state index in [1.54, 1.807) is 7.05 Å². The first-order valence-electron chi connectivity index (χ1n) is 11.0. The summed E-state index contributed by atoms with van der Waals surface area (Å²) in [6, 6.07) is 20.7. The summed E-state index contributed by atoms with van der Waals surface area (Å²) < 4.78 is 4.33. The van der Waals surface area contributed by atoms with Crippen LogP contribution in [0.15, 0.2) is 60.7 Å². The van der Waals surface area contributed by atoms with Gasteiger partial charge in [0.25, 0.3) is 5.91 Å². The number of fused-ring (bicyclic) bond motifs is 1. The summed E-state index contributed by atoms with van der Waals surface area (Å²) in [7, 11) is -0.106. The average Bonchev–Trinajstić information content (AvgIpc) is 3.02. The highest BCUT2D eigenvalue weighted by atomic mass is 31.2. The van der Waals surface area contributed by atoms with E-state index in [1.165, 1.54) is 12.2 Å². The number of hydroxylamine groups is 2. The Morgan fingerprint density at radius 3 is 1.84 bits per heavy atom. The number of carbonyl (C=O) groups is 1. The van der Waals surface area contributed by atoms with Gasteiger partial charge in [0, 0.05) is 7.05 Å². The van der Waals surface area contributed by atoms with Crippen LogP contribution in [0.25, 0.3) is 0 Å². The van der Waals surface area contributed by atoms with Gasteiger partial charge in [-0.15, -0.1) is 0 Å². The van der Waals surface area contributed by atoms with Gasteiger partial charge in [0.1, 0.15) is 7.79 Å². The number of carbonyl (C=O) groups excluding carboxylic acids is 1.